The van der Waals surface area contributed by atoms with Crippen molar-refractivity contribution in [2.45, 2.75) is 58.7 Å². The molecule has 1 saturated carbocycles. The van der Waals surface area contributed by atoms with Gasteiger partial charge in [-0.15, -0.1) is 0 Å². The Balaban J connectivity index is 1.74. The highest BCUT2D eigenvalue weighted by atomic mass is 35.5. The molecule has 2 fully saturated rings. The minimum Gasteiger partial charge on any atom is -0.512 e. The number of benzene rings is 1. The van der Waals surface area contributed by atoms with Crippen LogP contribution in [0.2, 0.25) is 5.02 Å². The lowest BCUT2D eigenvalue weighted by Gasteiger charge is -2.53. The van der Waals surface area contributed by atoms with Gasteiger partial charge >= 0.3 is 0 Å². The Kier molecular flexibility index (Phi) is 8.59. The highest BCUT2D eigenvalue weighted by Gasteiger charge is 2.46. The van der Waals surface area contributed by atoms with E-state index >= 15 is 0 Å². The van der Waals surface area contributed by atoms with E-state index in [0.717, 1.165) is 31.5 Å². The minimum atomic E-state index is -0.708. The number of nitrogens with one attached hydrogen (secondary N) is 2. The second-order valence-electron chi connectivity index (χ2n) is 10.6. The summed E-state index contributed by atoms with van der Waals surface area (Å²) in [5.74, 6) is 1.57. The van der Waals surface area contributed by atoms with Gasteiger partial charge in [-0.25, -0.2) is 14.4 Å². The monoisotopic (exact) mass is 545 g/mol. The standard InChI is InChI=1S/C28H37ClFN5O3/c1-16-25(24(17(2)31)18(3)36)33-26(22-11-21(5-6-23(22)29)38-13-20(37)12-32-4)34-27(16)35-14-28(15-35)9-7-19(30)8-10-28/h5-6,11,19-20,31-32,36-37H,7-10,12-15H2,1-4H3/b24-18+,31-17?/t20-/m1/s1. The number of hydrogen-bond acceptors (Lipinski definition) is 8. The lowest BCUT2D eigenvalue weighted by Crippen LogP contribution is -2.58. The number of halogens is 2. The second-order valence-corrected chi connectivity index (χ2v) is 11.0. The Morgan fingerprint density at radius 3 is 2.58 bits per heavy atom. The van der Waals surface area contributed by atoms with Crippen LogP contribution in [0.3, 0.4) is 0 Å². The number of anilines is 1. The zero-order chi connectivity index (χ0) is 27.6. The molecular weight excluding hydrogens is 509 g/mol. The predicted octanol–water partition coefficient (Wildman–Crippen LogP) is 5.11. The van der Waals surface area contributed by atoms with Crippen LogP contribution < -0.4 is 15.0 Å². The summed E-state index contributed by atoms with van der Waals surface area (Å²) < 4.78 is 19.6. The predicted molar refractivity (Wildman–Crippen MR) is 149 cm³/mol. The van der Waals surface area contributed by atoms with Gasteiger partial charge in [0.2, 0.25) is 0 Å². The van der Waals surface area contributed by atoms with Gasteiger partial charge in [0, 0.05) is 41.9 Å². The molecule has 2 heterocycles. The van der Waals surface area contributed by atoms with Gasteiger partial charge in [0.15, 0.2) is 5.82 Å². The van der Waals surface area contributed by atoms with Gasteiger partial charge in [0.1, 0.15) is 36.2 Å². The smallest absolute Gasteiger partial charge is 0.163 e. The Morgan fingerprint density at radius 1 is 1.29 bits per heavy atom. The van der Waals surface area contributed by atoms with Crippen molar-refractivity contribution in [3.8, 4) is 17.1 Å². The van der Waals surface area contributed by atoms with E-state index in [-0.39, 0.29) is 23.5 Å². The van der Waals surface area contributed by atoms with E-state index in [1.54, 1.807) is 39.1 Å². The second kappa shape index (κ2) is 11.6. The first kappa shape index (κ1) is 28.3. The van der Waals surface area contributed by atoms with Crippen LogP contribution in [-0.2, 0) is 0 Å². The fourth-order valence-corrected chi connectivity index (χ4v) is 5.68. The number of aliphatic hydroxyl groups excluding tert-OH is 2. The van der Waals surface area contributed by atoms with Crippen LogP contribution in [0.1, 0.15) is 50.8 Å². The molecule has 0 radical (unpaired) electrons. The van der Waals surface area contributed by atoms with E-state index in [9.17, 15) is 14.6 Å². The summed E-state index contributed by atoms with van der Waals surface area (Å²) in [6, 6.07) is 5.15. The number of likely N-dealkylation sites (N-methyl/N-ethyl adjacent to an activating group) is 1. The van der Waals surface area contributed by atoms with Crippen molar-refractivity contribution in [2.75, 3.05) is 38.2 Å². The number of alkyl halides is 1. The Hall–Kier alpha value is -2.75. The third kappa shape index (κ3) is 5.95. The molecule has 4 N–H and O–H groups in total. The maximum Gasteiger partial charge on any atom is 0.163 e. The molecule has 2 aromatic rings. The molecule has 0 bridgehead atoms. The van der Waals surface area contributed by atoms with Crippen LogP contribution in [0.5, 0.6) is 5.75 Å². The van der Waals surface area contributed by atoms with Crippen molar-refractivity contribution < 1.29 is 19.3 Å². The molecule has 1 saturated heterocycles. The van der Waals surface area contributed by atoms with Crippen LogP contribution in [0.25, 0.3) is 17.0 Å². The Bertz CT molecular complexity index is 1220. The zero-order valence-corrected chi connectivity index (χ0v) is 23.2. The number of nitrogens with zero attached hydrogens (tertiary/aromatic N) is 3. The van der Waals surface area contributed by atoms with E-state index in [2.05, 4.69) is 10.2 Å². The van der Waals surface area contributed by atoms with Gasteiger partial charge in [0.05, 0.1) is 16.3 Å². The number of aliphatic hydroxyl groups is 2. The minimum absolute atomic E-state index is 0.000694. The molecule has 206 valence electrons. The highest BCUT2D eigenvalue weighted by molar-refractivity contribution is 6.33. The number of allylic oxidation sites excluding steroid dienone is 2. The first-order valence-electron chi connectivity index (χ1n) is 13.0. The van der Waals surface area contributed by atoms with Crippen molar-refractivity contribution >= 4 is 28.7 Å². The SMILES string of the molecule is CNC[C@@H](O)COc1ccc(Cl)c(-c2nc(/C(C(C)=N)=C(\C)O)c(C)c(N3CC4(CCC(F)CC4)C3)n2)c1. The molecule has 1 aromatic carbocycles. The first-order valence-corrected chi connectivity index (χ1v) is 13.4. The maximum absolute atomic E-state index is 13.8. The van der Waals surface area contributed by atoms with Gasteiger partial charge < -0.3 is 30.6 Å². The summed E-state index contributed by atoms with van der Waals surface area (Å²) in [6.45, 7) is 7.10. The van der Waals surface area contributed by atoms with Gasteiger partial charge in [-0.1, -0.05) is 11.6 Å². The molecule has 1 aromatic heterocycles. The van der Waals surface area contributed by atoms with E-state index in [0.29, 0.717) is 58.6 Å². The summed E-state index contributed by atoms with van der Waals surface area (Å²) in [6.07, 6.45) is 1.54. The summed E-state index contributed by atoms with van der Waals surface area (Å²) in [4.78, 5) is 11.9. The zero-order valence-electron chi connectivity index (χ0n) is 22.4. The molecular formula is C28H37ClFN5O3. The number of rotatable bonds is 9. The van der Waals surface area contributed by atoms with Crippen molar-refractivity contribution in [1.82, 2.24) is 15.3 Å². The van der Waals surface area contributed by atoms with E-state index in [4.69, 9.17) is 31.7 Å². The lowest BCUT2D eigenvalue weighted by atomic mass is 9.68. The van der Waals surface area contributed by atoms with E-state index in [1.165, 1.54) is 0 Å². The largest absolute Gasteiger partial charge is 0.512 e. The Morgan fingerprint density at radius 2 is 1.97 bits per heavy atom. The normalized spacial score (nSPS) is 18.7. The molecule has 8 nitrogen and oxygen atoms in total. The maximum atomic E-state index is 13.8. The first-order chi connectivity index (χ1) is 18.0. The topological polar surface area (TPSA) is 115 Å². The summed E-state index contributed by atoms with van der Waals surface area (Å²) in [7, 11) is 1.76. The molecule has 10 heteroatoms. The molecule has 0 amide bonds. The van der Waals surface area contributed by atoms with Crippen molar-refractivity contribution in [2.24, 2.45) is 5.41 Å². The molecule has 2 aliphatic rings. The third-order valence-electron chi connectivity index (χ3n) is 7.48. The molecule has 0 unspecified atom stereocenters. The van der Waals surface area contributed by atoms with Crippen LogP contribution in [0.15, 0.2) is 24.0 Å². The van der Waals surface area contributed by atoms with Gasteiger partial charge in [-0.3, -0.25) is 0 Å². The quantitative estimate of drug-likeness (QED) is 0.255. The van der Waals surface area contributed by atoms with Gasteiger partial charge in [0.25, 0.3) is 0 Å². The number of hydrogen-bond donors (Lipinski definition) is 4. The molecule has 1 aliphatic heterocycles. The number of aromatic nitrogens is 2. The van der Waals surface area contributed by atoms with E-state index in [1.807, 2.05) is 6.92 Å². The van der Waals surface area contributed by atoms with Crippen molar-refractivity contribution in [3.63, 3.8) is 0 Å². The number of ether oxygens (including phenoxy) is 1. The molecule has 1 aliphatic carbocycles. The molecule has 1 atom stereocenters. The summed E-state index contributed by atoms with van der Waals surface area (Å²) in [5.41, 5.74) is 2.41. The average molecular weight is 546 g/mol. The van der Waals surface area contributed by atoms with E-state index < -0.39 is 12.3 Å². The summed E-state index contributed by atoms with van der Waals surface area (Å²) >= 11 is 6.60. The molecule has 38 heavy (non-hydrogen) atoms. The van der Waals surface area contributed by atoms with Crippen LogP contribution >= 0.6 is 11.6 Å². The van der Waals surface area contributed by atoms with Crippen LogP contribution in [0.4, 0.5) is 10.2 Å². The molecule has 1 spiro atoms. The van der Waals surface area contributed by atoms with Crippen LogP contribution in [-0.4, -0.2) is 71.5 Å². The van der Waals surface area contributed by atoms with Crippen molar-refractivity contribution in [1.29, 1.82) is 5.41 Å². The van der Waals surface area contributed by atoms with Crippen LogP contribution in [0, 0.1) is 17.7 Å². The van der Waals surface area contributed by atoms with Gasteiger partial charge in [-0.2, -0.15) is 0 Å². The average Bonchev–Trinajstić information content (AvgIpc) is 2.84. The summed E-state index contributed by atoms with van der Waals surface area (Å²) in [5, 5.41) is 32.1. The van der Waals surface area contributed by atoms with Crippen molar-refractivity contribution in [3.05, 3.63) is 40.2 Å². The third-order valence-corrected chi connectivity index (χ3v) is 7.81. The fraction of sp³-hybridized carbons (Fsp3) is 0.536. The van der Waals surface area contributed by atoms with Gasteiger partial charge in [-0.05, 0) is 71.7 Å². The lowest BCUT2D eigenvalue weighted by molar-refractivity contribution is 0.0900. The highest BCUT2D eigenvalue weighted by Crippen LogP contribution is 2.47. The Labute approximate surface area is 228 Å². The fourth-order valence-electron chi connectivity index (χ4n) is 5.47. The molecule has 4 rings (SSSR count).